The largest absolute Gasteiger partial charge is 0.325 e. The molecule has 2 amide bonds. The molecule has 0 unspecified atom stereocenters. The lowest BCUT2D eigenvalue weighted by Crippen LogP contribution is -2.41. The van der Waals surface area contributed by atoms with E-state index in [2.05, 4.69) is 62.4 Å². The van der Waals surface area contributed by atoms with Gasteiger partial charge >= 0.3 is 6.03 Å². The Morgan fingerprint density at radius 1 is 0.917 bits per heavy atom. The van der Waals surface area contributed by atoms with Crippen LogP contribution in [0.3, 0.4) is 0 Å². The predicted molar refractivity (Wildman–Crippen MR) is 97.8 cm³/mol. The van der Waals surface area contributed by atoms with Crippen LogP contribution < -0.4 is 0 Å². The molecule has 126 valence electrons. The van der Waals surface area contributed by atoms with Gasteiger partial charge in [-0.05, 0) is 37.8 Å². The second-order valence-electron chi connectivity index (χ2n) is 6.81. The van der Waals surface area contributed by atoms with Crippen LogP contribution in [-0.2, 0) is 13.1 Å². The number of rotatable bonds is 4. The summed E-state index contributed by atoms with van der Waals surface area (Å²) in [6.07, 6.45) is 2.24. The van der Waals surface area contributed by atoms with Gasteiger partial charge < -0.3 is 9.80 Å². The number of amides is 2. The monoisotopic (exact) mass is 322 g/mol. The van der Waals surface area contributed by atoms with Gasteiger partial charge in [0.05, 0.1) is 0 Å². The second-order valence-corrected chi connectivity index (χ2v) is 6.81. The Balaban J connectivity index is 1.80. The van der Waals surface area contributed by atoms with Crippen molar-refractivity contribution in [2.45, 2.75) is 39.8 Å². The molecule has 1 aliphatic heterocycles. The highest BCUT2D eigenvalue weighted by atomic mass is 16.2. The molecule has 2 aromatic rings. The minimum atomic E-state index is 0.163. The molecule has 0 bridgehead atoms. The van der Waals surface area contributed by atoms with Gasteiger partial charge in [-0.3, -0.25) is 0 Å². The summed E-state index contributed by atoms with van der Waals surface area (Å²) in [6, 6.07) is 17.0. The van der Waals surface area contributed by atoms with E-state index in [0.29, 0.717) is 13.1 Å². The van der Waals surface area contributed by atoms with Crippen molar-refractivity contribution in [3.05, 3.63) is 70.8 Å². The maximum absolute atomic E-state index is 13.0. The number of likely N-dealkylation sites (tertiary alicyclic amines) is 1. The summed E-state index contributed by atoms with van der Waals surface area (Å²) < 4.78 is 0. The Hall–Kier alpha value is -2.29. The molecule has 1 aliphatic rings. The van der Waals surface area contributed by atoms with Crippen molar-refractivity contribution < 1.29 is 4.79 Å². The highest BCUT2D eigenvalue weighted by Crippen LogP contribution is 2.17. The molecule has 24 heavy (non-hydrogen) atoms. The molecule has 0 aromatic heterocycles. The van der Waals surface area contributed by atoms with Crippen LogP contribution in [0.25, 0.3) is 0 Å². The van der Waals surface area contributed by atoms with Crippen molar-refractivity contribution in [1.29, 1.82) is 0 Å². The van der Waals surface area contributed by atoms with Crippen LogP contribution in [0.15, 0.2) is 48.5 Å². The second kappa shape index (κ2) is 7.52. The van der Waals surface area contributed by atoms with Gasteiger partial charge in [-0.15, -0.1) is 0 Å². The molecule has 0 aliphatic carbocycles. The first-order valence-corrected chi connectivity index (χ1v) is 8.77. The van der Waals surface area contributed by atoms with E-state index in [1.807, 2.05) is 9.80 Å². The minimum Gasteiger partial charge on any atom is -0.325 e. The summed E-state index contributed by atoms with van der Waals surface area (Å²) in [5.41, 5.74) is 4.85. The summed E-state index contributed by atoms with van der Waals surface area (Å²) in [7, 11) is 0. The number of carbonyl (C=O) groups is 1. The molecular weight excluding hydrogens is 296 g/mol. The fourth-order valence-corrected chi connectivity index (χ4v) is 3.36. The van der Waals surface area contributed by atoms with E-state index >= 15 is 0 Å². The molecule has 0 atom stereocenters. The predicted octanol–water partition coefficient (Wildman–Crippen LogP) is 4.52. The molecule has 0 saturated carbocycles. The third-order valence-corrected chi connectivity index (χ3v) is 4.56. The van der Waals surface area contributed by atoms with E-state index in [-0.39, 0.29) is 6.03 Å². The van der Waals surface area contributed by atoms with Gasteiger partial charge in [-0.25, -0.2) is 4.79 Å². The van der Waals surface area contributed by atoms with E-state index in [1.54, 1.807) is 0 Å². The van der Waals surface area contributed by atoms with E-state index in [4.69, 9.17) is 0 Å². The first-order chi connectivity index (χ1) is 11.6. The highest BCUT2D eigenvalue weighted by molar-refractivity contribution is 5.74. The third kappa shape index (κ3) is 4.16. The molecule has 0 radical (unpaired) electrons. The maximum atomic E-state index is 13.0. The number of carbonyl (C=O) groups excluding carboxylic acids is 1. The van der Waals surface area contributed by atoms with Crippen molar-refractivity contribution >= 4 is 6.03 Å². The molecule has 1 saturated heterocycles. The Morgan fingerprint density at radius 3 is 1.88 bits per heavy atom. The van der Waals surface area contributed by atoms with Crippen LogP contribution in [0.5, 0.6) is 0 Å². The van der Waals surface area contributed by atoms with E-state index in [0.717, 1.165) is 25.9 Å². The number of hydrogen-bond acceptors (Lipinski definition) is 1. The molecule has 0 spiro atoms. The number of nitrogens with zero attached hydrogens (tertiary/aromatic N) is 2. The zero-order valence-corrected chi connectivity index (χ0v) is 14.7. The first kappa shape index (κ1) is 16.6. The quantitative estimate of drug-likeness (QED) is 0.812. The fraction of sp³-hybridized carbons (Fsp3) is 0.381. The smallest absolute Gasteiger partial charge is 0.320 e. The van der Waals surface area contributed by atoms with Crippen LogP contribution in [0, 0.1) is 13.8 Å². The number of hydrogen-bond donors (Lipinski definition) is 0. The van der Waals surface area contributed by atoms with Crippen molar-refractivity contribution in [2.75, 3.05) is 13.1 Å². The van der Waals surface area contributed by atoms with Crippen LogP contribution in [0.1, 0.15) is 35.1 Å². The van der Waals surface area contributed by atoms with E-state index in [1.165, 1.54) is 22.3 Å². The fourth-order valence-electron chi connectivity index (χ4n) is 3.36. The summed E-state index contributed by atoms with van der Waals surface area (Å²) in [6.45, 7) is 7.28. The molecular formula is C21H26N2O. The topological polar surface area (TPSA) is 23.6 Å². The molecule has 3 rings (SSSR count). The standard InChI is InChI=1S/C21H26N2O/c1-17-7-5-9-19(13-17)15-23(21(24)22-11-3-4-12-22)16-20-10-6-8-18(2)14-20/h5-10,13-14H,3-4,11-12,15-16H2,1-2H3. The number of aryl methyl sites for hydroxylation is 2. The van der Waals surface area contributed by atoms with Gasteiger partial charge in [0.1, 0.15) is 0 Å². The summed E-state index contributed by atoms with van der Waals surface area (Å²) in [4.78, 5) is 16.9. The number of benzene rings is 2. The summed E-state index contributed by atoms with van der Waals surface area (Å²) in [5, 5.41) is 0. The Bertz CT molecular complexity index is 657. The zero-order valence-electron chi connectivity index (χ0n) is 14.7. The molecule has 1 heterocycles. The Morgan fingerprint density at radius 2 is 1.42 bits per heavy atom. The van der Waals surface area contributed by atoms with Gasteiger partial charge in [0, 0.05) is 26.2 Å². The molecule has 1 fully saturated rings. The first-order valence-electron chi connectivity index (χ1n) is 8.77. The Kier molecular flexibility index (Phi) is 5.19. The molecule has 3 nitrogen and oxygen atoms in total. The van der Waals surface area contributed by atoms with Gasteiger partial charge in [0.25, 0.3) is 0 Å². The molecule has 0 N–H and O–H groups in total. The molecule has 2 aromatic carbocycles. The lowest BCUT2D eigenvalue weighted by molar-refractivity contribution is 0.157. The summed E-state index contributed by atoms with van der Waals surface area (Å²) in [5.74, 6) is 0. The van der Waals surface area contributed by atoms with Crippen molar-refractivity contribution in [3.63, 3.8) is 0 Å². The molecule has 3 heteroatoms. The third-order valence-electron chi connectivity index (χ3n) is 4.56. The lowest BCUT2D eigenvalue weighted by Gasteiger charge is -2.28. The highest BCUT2D eigenvalue weighted by Gasteiger charge is 2.24. The average molecular weight is 322 g/mol. The van der Waals surface area contributed by atoms with Gasteiger partial charge in [0.2, 0.25) is 0 Å². The van der Waals surface area contributed by atoms with E-state index in [9.17, 15) is 4.79 Å². The maximum Gasteiger partial charge on any atom is 0.320 e. The van der Waals surface area contributed by atoms with Gasteiger partial charge in [-0.1, -0.05) is 59.7 Å². The van der Waals surface area contributed by atoms with Crippen molar-refractivity contribution in [3.8, 4) is 0 Å². The lowest BCUT2D eigenvalue weighted by atomic mass is 10.1. The van der Waals surface area contributed by atoms with Gasteiger partial charge in [-0.2, -0.15) is 0 Å². The van der Waals surface area contributed by atoms with Crippen molar-refractivity contribution in [1.82, 2.24) is 9.80 Å². The SMILES string of the molecule is Cc1cccc(CN(Cc2cccc(C)c2)C(=O)N2CCCC2)c1. The Labute approximate surface area is 144 Å². The summed E-state index contributed by atoms with van der Waals surface area (Å²) >= 11 is 0. The average Bonchev–Trinajstić information content (AvgIpc) is 3.08. The van der Waals surface area contributed by atoms with Crippen LogP contribution in [0.2, 0.25) is 0 Å². The normalized spacial score (nSPS) is 14.0. The van der Waals surface area contributed by atoms with Crippen LogP contribution in [0.4, 0.5) is 4.79 Å². The van der Waals surface area contributed by atoms with Crippen LogP contribution in [-0.4, -0.2) is 28.9 Å². The zero-order chi connectivity index (χ0) is 16.9. The minimum absolute atomic E-state index is 0.163. The van der Waals surface area contributed by atoms with Crippen molar-refractivity contribution in [2.24, 2.45) is 0 Å². The van der Waals surface area contributed by atoms with Crippen LogP contribution >= 0.6 is 0 Å². The van der Waals surface area contributed by atoms with E-state index < -0.39 is 0 Å². The number of urea groups is 1. The van der Waals surface area contributed by atoms with Gasteiger partial charge in [0.15, 0.2) is 0 Å².